The van der Waals surface area contributed by atoms with Gasteiger partial charge in [-0.3, -0.25) is 5.21 Å². The first kappa shape index (κ1) is 14.7. The van der Waals surface area contributed by atoms with Gasteiger partial charge in [-0.15, -0.1) is 0 Å². The van der Waals surface area contributed by atoms with Gasteiger partial charge >= 0.3 is 6.03 Å². The summed E-state index contributed by atoms with van der Waals surface area (Å²) >= 11 is 0. The van der Waals surface area contributed by atoms with Gasteiger partial charge in [0.2, 0.25) is 0 Å². The van der Waals surface area contributed by atoms with Gasteiger partial charge in [-0.2, -0.15) is 0 Å². The second kappa shape index (κ2) is 6.61. The summed E-state index contributed by atoms with van der Waals surface area (Å²) in [6.07, 6.45) is 3.16. The molecule has 2 amide bonds. The van der Waals surface area contributed by atoms with Crippen molar-refractivity contribution in [3.63, 3.8) is 0 Å². The molecule has 1 aliphatic rings. The van der Waals surface area contributed by atoms with Crippen molar-refractivity contribution < 1.29 is 14.7 Å². The third-order valence-electron chi connectivity index (χ3n) is 3.66. The summed E-state index contributed by atoms with van der Waals surface area (Å²) < 4.78 is 5.61. The molecule has 0 aromatic heterocycles. The highest BCUT2D eigenvalue weighted by molar-refractivity contribution is 5.70. The maximum Gasteiger partial charge on any atom is 0.338 e. The molecule has 1 aromatic carbocycles. The maximum absolute atomic E-state index is 10.8. The number of nitrogens with zero attached hydrogens (tertiary/aromatic N) is 1. The largest absolute Gasteiger partial charge is 0.494 e. The molecule has 3 N–H and O–H groups in total. The van der Waals surface area contributed by atoms with Gasteiger partial charge in [-0.05, 0) is 42.4 Å². The minimum Gasteiger partial charge on any atom is -0.494 e. The lowest BCUT2D eigenvalue weighted by molar-refractivity contribution is -0.0431. The zero-order valence-electron chi connectivity index (χ0n) is 11.8. The summed E-state index contributed by atoms with van der Waals surface area (Å²) in [4.78, 5) is 10.8. The number of hydroxylamine groups is 2. The molecule has 0 bridgehead atoms. The van der Waals surface area contributed by atoms with Crippen molar-refractivity contribution in [1.29, 1.82) is 0 Å². The van der Waals surface area contributed by atoms with Crippen molar-refractivity contribution >= 4 is 6.03 Å². The normalized spacial score (nSPS) is 20.5. The Labute approximate surface area is 119 Å². The van der Waals surface area contributed by atoms with E-state index >= 15 is 0 Å². The van der Waals surface area contributed by atoms with Crippen LogP contribution in [0.25, 0.3) is 0 Å². The van der Waals surface area contributed by atoms with Crippen LogP contribution in [-0.2, 0) is 0 Å². The number of carbonyl (C=O) groups is 1. The topological polar surface area (TPSA) is 75.8 Å². The summed E-state index contributed by atoms with van der Waals surface area (Å²) in [7, 11) is 0. The molecule has 5 heteroatoms. The van der Waals surface area contributed by atoms with E-state index in [1.165, 1.54) is 5.56 Å². The Morgan fingerprint density at radius 3 is 2.75 bits per heavy atom. The van der Waals surface area contributed by atoms with Crippen molar-refractivity contribution in [1.82, 2.24) is 5.06 Å². The van der Waals surface area contributed by atoms with E-state index in [0.717, 1.165) is 31.6 Å². The lowest BCUT2D eigenvalue weighted by atomic mass is 10.1. The lowest BCUT2D eigenvalue weighted by Crippen LogP contribution is -2.34. The molecule has 0 saturated heterocycles. The smallest absolute Gasteiger partial charge is 0.338 e. The summed E-state index contributed by atoms with van der Waals surface area (Å²) in [6.45, 7) is 3.19. The number of nitrogens with two attached hydrogens (primary N) is 1. The summed E-state index contributed by atoms with van der Waals surface area (Å²) in [6, 6.07) is 7.27. The Morgan fingerprint density at radius 1 is 1.45 bits per heavy atom. The monoisotopic (exact) mass is 278 g/mol. The number of ether oxygens (including phenoxy) is 1. The van der Waals surface area contributed by atoms with E-state index in [0.29, 0.717) is 23.4 Å². The number of benzene rings is 1. The second-order valence-corrected chi connectivity index (χ2v) is 5.29. The van der Waals surface area contributed by atoms with Crippen molar-refractivity contribution in [2.75, 3.05) is 13.2 Å². The van der Waals surface area contributed by atoms with Crippen LogP contribution in [0.15, 0.2) is 24.3 Å². The van der Waals surface area contributed by atoms with Crippen LogP contribution < -0.4 is 10.5 Å². The molecule has 1 fully saturated rings. The number of carbonyl (C=O) groups excluding carboxylic acids is 1. The molecule has 0 spiro atoms. The van der Waals surface area contributed by atoms with Gasteiger partial charge in [0, 0.05) is 0 Å². The van der Waals surface area contributed by atoms with Gasteiger partial charge in [0.15, 0.2) is 0 Å². The average molecular weight is 278 g/mol. The van der Waals surface area contributed by atoms with Crippen LogP contribution in [0.1, 0.15) is 37.7 Å². The summed E-state index contributed by atoms with van der Waals surface area (Å²) in [5.41, 5.74) is 6.21. The highest BCUT2D eigenvalue weighted by Gasteiger charge is 2.39. The Hall–Kier alpha value is -1.75. The first-order valence-corrected chi connectivity index (χ1v) is 7.10. The zero-order chi connectivity index (χ0) is 14.5. The van der Waals surface area contributed by atoms with Gasteiger partial charge in [0.05, 0.1) is 13.2 Å². The number of unbranched alkanes of at least 4 members (excludes halogenated alkanes) is 1. The van der Waals surface area contributed by atoms with E-state index in [2.05, 4.69) is 19.1 Å². The summed E-state index contributed by atoms with van der Waals surface area (Å²) in [5, 5.41) is 9.90. The van der Waals surface area contributed by atoms with Crippen LogP contribution in [0.4, 0.5) is 4.79 Å². The van der Waals surface area contributed by atoms with Gasteiger partial charge in [0.25, 0.3) is 0 Å². The standard InChI is InChI=1S/C15H22N2O3/c1-2-3-8-20-13-6-4-11(5-7-13)14-9-12(14)10-17(19)15(16)18/h4-7,12,14,19H,2-3,8-10H2,1H3,(H2,16,18). The lowest BCUT2D eigenvalue weighted by Gasteiger charge is -2.11. The highest BCUT2D eigenvalue weighted by Crippen LogP contribution is 2.47. The Bertz CT molecular complexity index is 447. The van der Waals surface area contributed by atoms with E-state index in [-0.39, 0.29) is 0 Å². The quantitative estimate of drug-likeness (QED) is 0.457. The molecule has 0 radical (unpaired) electrons. The number of rotatable bonds is 7. The molecule has 2 rings (SSSR count). The van der Waals surface area contributed by atoms with E-state index < -0.39 is 6.03 Å². The highest BCUT2D eigenvalue weighted by atomic mass is 16.5. The molecule has 110 valence electrons. The van der Waals surface area contributed by atoms with E-state index in [1.807, 2.05) is 12.1 Å². The molecule has 0 aliphatic heterocycles. The van der Waals surface area contributed by atoms with Crippen LogP contribution in [0.2, 0.25) is 0 Å². The fourth-order valence-corrected chi connectivity index (χ4v) is 2.32. The number of primary amides is 1. The minimum absolute atomic E-state index is 0.291. The average Bonchev–Trinajstić information content (AvgIpc) is 3.19. The zero-order valence-corrected chi connectivity index (χ0v) is 11.8. The molecule has 2 atom stereocenters. The number of hydrogen-bond acceptors (Lipinski definition) is 3. The first-order valence-electron chi connectivity index (χ1n) is 7.10. The fraction of sp³-hybridized carbons (Fsp3) is 0.533. The Kier molecular flexibility index (Phi) is 4.84. The third-order valence-corrected chi connectivity index (χ3v) is 3.66. The van der Waals surface area contributed by atoms with Crippen LogP contribution in [0, 0.1) is 5.92 Å². The van der Waals surface area contributed by atoms with Crippen molar-refractivity contribution in [3.05, 3.63) is 29.8 Å². The van der Waals surface area contributed by atoms with E-state index in [1.54, 1.807) is 0 Å². The molecular weight excluding hydrogens is 256 g/mol. The molecular formula is C15H22N2O3. The number of hydrogen-bond donors (Lipinski definition) is 2. The van der Waals surface area contributed by atoms with Gasteiger partial charge in [-0.1, -0.05) is 25.5 Å². The SMILES string of the molecule is CCCCOc1ccc(C2CC2CN(O)C(N)=O)cc1. The number of amides is 2. The van der Waals surface area contributed by atoms with Crippen molar-refractivity contribution in [3.8, 4) is 5.75 Å². The van der Waals surface area contributed by atoms with Gasteiger partial charge in [0.1, 0.15) is 5.75 Å². The molecule has 1 aliphatic carbocycles. The second-order valence-electron chi connectivity index (χ2n) is 5.29. The summed E-state index contributed by atoms with van der Waals surface area (Å²) in [5.74, 6) is 1.58. The molecule has 20 heavy (non-hydrogen) atoms. The fourth-order valence-electron chi connectivity index (χ4n) is 2.32. The van der Waals surface area contributed by atoms with E-state index in [9.17, 15) is 10.0 Å². The number of urea groups is 1. The van der Waals surface area contributed by atoms with Crippen LogP contribution >= 0.6 is 0 Å². The molecule has 1 saturated carbocycles. The molecule has 1 aromatic rings. The molecule has 5 nitrogen and oxygen atoms in total. The maximum atomic E-state index is 10.8. The Morgan fingerprint density at radius 2 is 2.15 bits per heavy atom. The van der Waals surface area contributed by atoms with Gasteiger partial charge in [-0.25, -0.2) is 9.86 Å². The van der Waals surface area contributed by atoms with Crippen LogP contribution in [0.3, 0.4) is 0 Å². The van der Waals surface area contributed by atoms with Crippen molar-refractivity contribution in [2.24, 2.45) is 11.7 Å². The predicted molar refractivity (Wildman–Crippen MR) is 75.8 cm³/mol. The van der Waals surface area contributed by atoms with E-state index in [4.69, 9.17) is 10.5 Å². The first-order chi connectivity index (χ1) is 9.61. The van der Waals surface area contributed by atoms with Crippen LogP contribution in [-0.4, -0.2) is 29.5 Å². The molecule has 0 heterocycles. The Balaban J connectivity index is 1.81. The minimum atomic E-state index is -0.796. The third kappa shape index (κ3) is 3.87. The van der Waals surface area contributed by atoms with Crippen LogP contribution in [0.5, 0.6) is 5.75 Å². The predicted octanol–water partition coefficient (Wildman–Crippen LogP) is 2.74. The van der Waals surface area contributed by atoms with Gasteiger partial charge < -0.3 is 10.5 Å². The molecule has 2 unspecified atom stereocenters. The van der Waals surface area contributed by atoms with Crippen molar-refractivity contribution in [2.45, 2.75) is 32.1 Å².